The zero-order chi connectivity index (χ0) is 30.3. The lowest BCUT2D eigenvalue weighted by atomic mass is 10.1. The number of nitrogens with one attached hydrogen (secondary N) is 3. The van der Waals surface area contributed by atoms with Gasteiger partial charge in [-0.1, -0.05) is 29.3 Å². The van der Waals surface area contributed by atoms with Crippen LogP contribution in [0.3, 0.4) is 0 Å². The highest BCUT2D eigenvalue weighted by atomic mass is 35.5. The summed E-state index contributed by atoms with van der Waals surface area (Å²) in [5.41, 5.74) is -0.709. The number of carbonyl (C=O) groups excluding carboxylic acids is 3. The van der Waals surface area contributed by atoms with E-state index in [1.165, 1.54) is 30.3 Å². The molecular weight excluding hydrogens is 641 g/mol. The van der Waals surface area contributed by atoms with Crippen molar-refractivity contribution in [3.63, 3.8) is 0 Å². The molecule has 14 heteroatoms. The van der Waals surface area contributed by atoms with Crippen molar-refractivity contribution in [1.29, 1.82) is 0 Å². The summed E-state index contributed by atoms with van der Waals surface area (Å²) in [5, 5.41) is 6.90. The minimum atomic E-state index is -1.49. The molecule has 2 aliphatic rings. The second kappa shape index (κ2) is 11.9. The van der Waals surface area contributed by atoms with Crippen LogP contribution in [0.15, 0.2) is 48.5 Å². The van der Waals surface area contributed by atoms with Crippen LogP contribution in [0.4, 0.5) is 30.2 Å². The molecular formula is C28H20Cl4F3N3O4. The van der Waals surface area contributed by atoms with Gasteiger partial charge in [-0.2, -0.15) is 0 Å². The van der Waals surface area contributed by atoms with Crippen LogP contribution in [-0.2, 0) is 14.3 Å². The van der Waals surface area contributed by atoms with Gasteiger partial charge in [-0.3, -0.25) is 14.4 Å². The summed E-state index contributed by atoms with van der Waals surface area (Å²) in [7, 11) is 0. The van der Waals surface area contributed by atoms with Crippen molar-refractivity contribution in [2.45, 2.75) is 29.2 Å². The van der Waals surface area contributed by atoms with E-state index >= 15 is 4.39 Å². The first-order chi connectivity index (χ1) is 19.9. The van der Waals surface area contributed by atoms with Gasteiger partial charge in [0.15, 0.2) is 5.82 Å². The molecule has 3 atom stereocenters. The smallest absolute Gasteiger partial charge is 0.257 e. The lowest BCUT2D eigenvalue weighted by Crippen LogP contribution is -2.28. The number of halogens is 7. The number of benzene rings is 3. The Morgan fingerprint density at radius 3 is 2.29 bits per heavy atom. The molecule has 1 aliphatic heterocycles. The maximum absolute atomic E-state index is 15.1. The third-order valence-corrected chi connectivity index (χ3v) is 8.49. The largest absolute Gasteiger partial charge is 0.368 e. The van der Waals surface area contributed by atoms with E-state index in [0.717, 1.165) is 18.2 Å². The molecule has 3 aromatic rings. The van der Waals surface area contributed by atoms with Crippen LogP contribution in [0.5, 0.6) is 0 Å². The summed E-state index contributed by atoms with van der Waals surface area (Å²) >= 11 is 24.8. The van der Waals surface area contributed by atoms with Crippen molar-refractivity contribution >= 4 is 81.2 Å². The van der Waals surface area contributed by atoms with E-state index < -0.39 is 68.8 Å². The van der Waals surface area contributed by atoms with E-state index in [-0.39, 0.29) is 21.3 Å². The molecule has 0 bridgehead atoms. The minimum absolute atomic E-state index is 0.0331. The molecule has 1 unspecified atom stereocenters. The van der Waals surface area contributed by atoms with Gasteiger partial charge < -0.3 is 20.7 Å². The maximum Gasteiger partial charge on any atom is 0.257 e. The number of ether oxygens (including phenoxy) is 1. The highest BCUT2D eigenvalue weighted by Crippen LogP contribution is 2.65. The molecule has 3 amide bonds. The fourth-order valence-electron chi connectivity index (χ4n) is 4.71. The highest BCUT2D eigenvalue weighted by molar-refractivity contribution is 6.53. The van der Waals surface area contributed by atoms with Crippen LogP contribution in [0.2, 0.25) is 10.0 Å². The first-order valence-corrected chi connectivity index (χ1v) is 14.0. The molecule has 42 heavy (non-hydrogen) atoms. The van der Waals surface area contributed by atoms with Crippen LogP contribution in [0.25, 0.3) is 0 Å². The zero-order valence-electron chi connectivity index (χ0n) is 21.3. The van der Waals surface area contributed by atoms with E-state index in [1.807, 2.05) is 0 Å². The molecule has 1 aliphatic carbocycles. The second-order valence-electron chi connectivity index (χ2n) is 9.72. The molecule has 3 aromatic carbocycles. The van der Waals surface area contributed by atoms with Crippen molar-refractivity contribution in [3.05, 3.63) is 87.2 Å². The Morgan fingerprint density at radius 1 is 0.857 bits per heavy atom. The molecule has 5 rings (SSSR count). The quantitative estimate of drug-likeness (QED) is 0.232. The fraction of sp³-hybridized carbons (Fsp3) is 0.250. The summed E-state index contributed by atoms with van der Waals surface area (Å²) in [4.78, 5) is 38.4. The lowest BCUT2D eigenvalue weighted by molar-refractivity contribution is -0.124. The topological polar surface area (TPSA) is 96.5 Å². The van der Waals surface area contributed by atoms with Gasteiger partial charge in [0.25, 0.3) is 11.8 Å². The number of amides is 3. The van der Waals surface area contributed by atoms with E-state index in [9.17, 15) is 23.2 Å². The molecule has 1 saturated carbocycles. The molecule has 0 aromatic heterocycles. The van der Waals surface area contributed by atoms with Crippen molar-refractivity contribution in [2.24, 2.45) is 5.92 Å². The van der Waals surface area contributed by atoms with Gasteiger partial charge in [-0.15, -0.1) is 23.2 Å². The summed E-state index contributed by atoms with van der Waals surface area (Å²) in [6.45, 7) is 0.364. The number of hydrogen-bond donors (Lipinski definition) is 3. The van der Waals surface area contributed by atoms with E-state index in [0.29, 0.717) is 25.0 Å². The molecule has 3 N–H and O–H groups in total. The van der Waals surface area contributed by atoms with E-state index in [1.54, 1.807) is 0 Å². The summed E-state index contributed by atoms with van der Waals surface area (Å²) in [6, 6.07) is 9.78. The van der Waals surface area contributed by atoms with Gasteiger partial charge in [0.2, 0.25) is 5.91 Å². The summed E-state index contributed by atoms with van der Waals surface area (Å²) < 4.78 is 46.8. The normalized spacial score (nSPS) is 20.6. The van der Waals surface area contributed by atoms with Gasteiger partial charge in [0.1, 0.15) is 27.8 Å². The molecule has 1 saturated heterocycles. The Labute approximate surface area is 257 Å². The van der Waals surface area contributed by atoms with Crippen LogP contribution in [0, 0.1) is 23.4 Å². The number of hydrogen-bond acceptors (Lipinski definition) is 4. The Balaban J connectivity index is 1.30. The van der Waals surface area contributed by atoms with Crippen molar-refractivity contribution in [3.8, 4) is 0 Å². The molecule has 220 valence electrons. The maximum atomic E-state index is 15.1. The third kappa shape index (κ3) is 6.05. The molecule has 0 radical (unpaired) electrons. The first-order valence-electron chi connectivity index (χ1n) is 12.5. The predicted molar refractivity (Wildman–Crippen MR) is 154 cm³/mol. The average molecular weight is 661 g/mol. The average Bonchev–Trinajstić information content (AvgIpc) is 3.25. The number of rotatable bonds is 7. The van der Waals surface area contributed by atoms with Crippen LogP contribution >= 0.6 is 46.4 Å². The van der Waals surface area contributed by atoms with Gasteiger partial charge in [-0.25, -0.2) is 13.2 Å². The molecule has 7 nitrogen and oxygen atoms in total. The fourth-order valence-corrected chi connectivity index (χ4v) is 5.93. The molecule has 2 fully saturated rings. The number of anilines is 3. The van der Waals surface area contributed by atoms with Gasteiger partial charge >= 0.3 is 0 Å². The predicted octanol–water partition coefficient (Wildman–Crippen LogP) is 7.31. The second-order valence-corrected chi connectivity index (χ2v) is 12.0. The van der Waals surface area contributed by atoms with Crippen molar-refractivity contribution < 1.29 is 32.3 Å². The van der Waals surface area contributed by atoms with Crippen LogP contribution in [-0.4, -0.2) is 34.8 Å². The molecule has 1 heterocycles. The van der Waals surface area contributed by atoms with E-state index in [4.69, 9.17) is 51.1 Å². The zero-order valence-corrected chi connectivity index (χ0v) is 24.3. The van der Waals surface area contributed by atoms with Crippen molar-refractivity contribution in [2.75, 3.05) is 22.6 Å². The Morgan fingerprint density at radius 2 is 1.60 bits per heavy atom. The van der Waals surface area contributed by atoms with Crippen molar-refractivity contribution in [1.82, 2.24) is 0 Å². The minimum Gasteiger partial charge on any atom is -0.368 e. The standard InChI is InChI=1S/C28H20Cl4F3N3O4/c29-15-5-4-13(36-27(41)22-21(28(22,31)32)12-3-6-17(33)16(30)10-12)11-14(15)25(39)37-19-8-7-18(34)24(23(19)35)38-26(40)20-2-1-9-42-20/h3-8,10-11,20-22H,1-2,9H2,(H,36,41)(H,37,39)(H,38,40)/t20?,21-,22+/m0/s1. The SMILES string of the molecule is O=C(Nc1ccc(F)c(NC(=O)C2CCCO2)c1F)c1cc(NC(=O)[C@H]2[C@H](c3ccc(F)c(Cl)c3)C2(Cl)Cl)ccc1Cl. The summed E-state index contributed by atoms with van der Waals surface area (Å²) in [5.74, 6) is -6.67. The Bertz CT molecular complexity index is 1600. The lowest BCUT2D eigenvalue weighted by Gasteiger charge is -2.15. The number of carbonyl (C=O) groups is 3. The monoisotopic (exact) mass is 659 g/mol. The first kappa shape index (κ1) is 30.4. The molecule has 0 spiro atoms. The van der Waals surface area contributed by atoms with E-state index in [2.05, 4.69) is 16.0 Å². The van der Waals surface area contributed by atoms with Gasteiger partial charge in [-0.05, 0) is 60.9 Å². The van der Waals surface area contributed by atoms with Crippen LogP contribution < -0.4 is 16.0 Å². The third-order valence-electron chi connectivity index (χ3n) is 6.93. The highest BCUT2D eigenvalue weighted by Gasteiger charge is 2.67. The Hall–Kier alpha value is -3.02. The van der Waals surface area contributed by atoms with Gasteiger partial charge in [0, 0.05) is 18.2 Å². The Kier molecular flexibility index (Phi) is 8.65. The summed E-state index contributed by atoms with van der Waals surface area (Å²) in [6.07, 6.45) is 0.221. The van der Waals surface area contributed by atoms with Gasteiger partial charge in [0.05, 0.1) is 27.2 Å². The number of alkyl halides is 2. The van der Waals surface area contributed by atoms with Crippen LogP contribution in [0.1, 0.15) is 34.7 Å².